The van der Waals surface area contributed by atoms with Crippen molar-refractivity contribution in [2.75, 3.05) is 19.6 Å². The lowest BCUT2D eigenvalue weighted by Crippen LogP contribution is -2.57. The summed E-state index contributed by atoms with van der Waals surface area (Å²) in [6.45, 7) is 34.9. The molecule has 4 nitrogen and oxygen atoms in total. The lowest BCUT2D eigenvalue weighted by molar-refractivity contribution is 0.549. The van der Waals surface area contributed by atoms with Crippen LogP contribution >= 0.6 is 6.04 Å². The Balaban J connectivity index is 1.59. The van der Waals surface area contributed by atoms with Gasteiger partial charge in [-0.15, -0.1) is 0 Å². The van der Waals surface area contributed by atoms with Gasteiger partial charge in [-0.05, 0) is 160 Å². The molecule has 55 heavy (non-hydrogen) atoms. The molecule has 0 radical (unpaired) electrons. The molecule has 6 heteroatoms. The van der Waals surface area contributed by atoms with Crippen molar-refractivity contribution in [2.45, 2.75) is 126 Å². The smallest absolute Gasteiger partial charge is 0.0550 e. The molecule has 0 aliphatic carbocycles. The molecule has 0 aromatic heterocycles. The molecule has 0 saturated carbocycles. The van der Waals surface area contributed by atoms with Crippen LogP contribution in [-0.2, 0) is 17.2 Å². The minimum atomic E-state index is -2.61. The average molecular weight is 767 g/mol. The quantitative estimate of drug-likeness (QED) is 0.169. The fourth-order valence-electron chi connectivity index (χ4n) is 9.22. The van der Waals surface area contributed by atoms with Crippen molar-refractivity contribution in [1.82, 2.24) is 0 Å². The summed E-state index contributed by atoms with van der Waals surface area (Å²) >= 11 is 7.54. The summed E-state index contributed by atoms with van der Waals surface area (Å²) in [4.78, 5) is 10.4. The van der Waals surface area contributed by atoms with Crippen LogP contribution in [0.25, 0.3) is 0 Å². The molecular formula is C49H59N4PS. The van der Waals surface area contributed by atoms with E-state index in [1.54, 1.807) is 0 Å². The van der Waals surface area contributed by atoms with Gasteiger partial charge in [0.25, 0.3) is 0 Å². The van der Waals surface area contributed by atoms with E-state index < -0.39 is 6.04 Å². The van der Waals surface area contributed by atoms with Crippen LogP contribution in [0.4, 0.5) is 51.2 Å². The molecule has 3 heterocycles. The fraction of sp³-hybridized carbons (Fsp3) is 0.388. The number of rotatable bonds is 3. The third-order valence-corrected chi connectivity index (χ3v) is 16.4. The van der Waals surface area contributed by atoms with Crippen LogP contribution in [0, 0.1) is 20.8 Å². The SMILES string of the molecule is Cc1ccc(N(c2ccc(C)cc2)c2cc3c4c(c2)N(C(C)(C)C)c2cc(C(C)(C)C)cc5c2P4(=S)c2c(cc(C)cc2N5C(C)(C)C)N3C(C)(C)C)cc1. The van der Waals surface area contributed by atoms with E-state index in [0.717, 1.165) is 17.1 Å². The number of aryl methyl sites for hydroxylation is 3. The van der Waals surface area contributed by atoms with Crippen molar-refractivity contribution in [1.29, 1.82) is 0 Å². The van der Waals surface area contributed by atoms with Gasteiger partial charge in [0.2, 0.25) is 0 Å². The van der Waals surface area contributed by atoms with Gasteiger partial charge in [0, 0.05) is 43.9 Å². The van der Waals surface area contributed by atoms with Crippen molar-refractivity contribution in [3.05, 3.63) is 107 Å². The van der Waals surface area contributed by atoms with Crippen LogP contribution in [0.1, 0.15) is 105 Å². The van der Waals surface area contributed by atoms with Crippen molar-refractivity contribution < 1.29 is 0 Å². The molecule has 286 valence electrons. The molecule has 1 atom stereocenters. The Bertz CT molecular complexity index is 2390. The normalized spacial score (nSPS) is 17.4. The highest BCUT2D eigenvalue weighted by Gasteiger charge is 2.54. The van der Waals surface area contributed by atoms with Gasteiger partial charge in [-0.25, -0.2) is 0 Å². The third-order valence-electron chi connectivity index (χ3n) is 11.4. The first-order valence-electron chi connectivity index (χ1n) is 19.9. The molecule has 3 aliphatic rings. The van der Waals surface area contributed by atoms with Gasteiger partial charge in [0.15, 0.2) is 0 Å². The summed E-state index contributed by atoms with van der Waals surface area (Å²) in [5.41, 5.74) is 15.2. The number of nitrogens with zero attached hydrogens (tertiary/aromatic N) is 4. The van der Waals surface area contributed by atoms with E-state index in [4.69, 9.17) is 11.8 Å². The minimum Gasteiger partial charge on any atom is -0.335 e. The molecule has 0 fully saturated rings. The molecule has 5 aromatic rings. The zero-order valence-electron chi connectivity index (χ0n) is 35.7. The number of benzene rings is 5. The molecule has 8 rings (SSSR count). The van der Waals surface area contributed by atoms with E-state index in [9.17, 15) is 0 Å². The molecule has 5 aromatic carbocycles. The zero-order valence-corrected chi connectivity index (χ0v) is 37.4. The summed E-state index contributed by atoms with van der Waals surface area (Å²) in [7, 11) is 0. The third kappa shape index (κ3) is 5.70. The number of hydrogen-bond acceptors (Lipinski definition) is 5. The maximum atomic E-state index is 7.54. The van der Waals surface area contributed by atoms with Gasteiger partial charge in [0.1, 0.15) is 0 Å². The van der Waals surface area contributed by atoms with Crippen molar-refractivity contribution in [3.63, 3.8) is 0 Å². The Labute approximate surface area is 336 Å². The molecule has 1 unspecified atom stereocenters. The Hall–Kier alpha value is -4.05. The summed E-state index contributed by atoms with van der Waals surface area (Å²) in [5, 5.41) is 4.02. The highest BCUT2D eigenvalue weighted by Crippen LogP contribution is 2.67. The van der Waals surface area contributed by atoms with Gasteiger partial charge in [-0.1, -0.05) is 68.0 Å². The number of hydrogen-bond donors (Lipinski definition) is 0. The van der Waals surface area contributed by atoms with Crippen LogP contribution in [-0.4, -0.2) is 16.6 Å². The van der Waals surface area contributed by atoms with Crippen LogP contribution in [0.2, 0.25) is 0 Å². The topological polar surface area (TPSA) is 13.0 Å². The van der Waals surface area contributed by atoms with Crippen LogP contribution in [0.3, 0.4) is 0 Å². The predicted molar refractivity (Wildman–Crippen MR) is 246 cm³/mol. The summed E-state index contributed by atoms with van der Waals surface area (Å²) in [6, 6.07) is 30.1. The van der Waals surface area contributed by atoms with E-state index in [1.807, 2.05) is 0 Å². The molecule has 0 saturated heterocycles. The first-order valence-corrected chi connectivity index (χ1v) is 22.7. The van der Waals surface area contributed by atoms with E-state index in [-0.39, 0.29) is 22.0 Å². The summed E-state index contributed by atoms with van der Waals surface area (Å²) < 4.78 is 0. The summed E-state index contributed by atoms with van der Waals surface area (Å²) in [5.74, 6) is 0. The number of anilines is 9. The van der Waals surface area contributed by atoms with E-state index in [1.165, 1.54) is 72.3 Å². The standard InChI is InChI=1S/C49H59N4PS/c1-30-16-20-34(21-17-30)50(35-22-18-31(2)19-23-35)36-28-41-45-42(29-36)53(49(13,14)15)40-27-33(46(4,5)6)26-39-44(40)54(45,55)43-37(51(39)47(7,8)9)24-32(3)25-38(43)52(41)48(10,11)12/h16-29H,1-15H3. The van der Waals surface area contributed by atoms with Gasteiger partial charge < -0.3 is 19.6 Å². The predicted octanol–water partition coefficient (Wildman–Crippen LogP) is 12.9. The Morgan fingerprint density at radius 2 is 0.727 bits per heavy atom. The fourth-order valence-corrected chi connectivity index (χ4v) is 14.5. The largest absolute Gasteiger partial charge is 0.335 e. The van der Waals surface area contributed by atoms with E-state index in [0.29, 0.717) is 0 Å². The highest BCUT2D eigenvalue weighted by molar-refractivity contribution is 8.26. The summed E-state index contributed by atoms with van der Waals surface area (Å²) in [6.07, 6.45) is 0. The van der Waals surface area contributed by atoms with Gasteiger partial charge in [-0.2, -0.15) is 0 Å². The van der Waals surface area contributed by atoms with Crippen molar-refractivity contribution in [3.8, 4) is 0 Å². The van der Waals surface area contributed by atoms with Crippen molar-refractivity contribution >= 4 is 84.9 Å². The van der Waals surface area contributed by atoms with E-state index in [2.05, 4.69) is 208 Å². The van der Waals surface area contributed by atoms with Gasteiger partial charge in [0.05, 0.1) is 45.8 Å². The van der Waals surface area contributed by atoms with Crippen molar-refractivity contribution in [2.24, 2.45) is 0 Å². The van der Waals surface area contributed by atoms with Crippen LogP contribution in [0.15, 0.2) is 84.9 Å². The minimum absolute atomic E-state index is 0.0691. The Morgan fingerprint density at radius 1 is 0.418 bits per heavy atom. The molecule has 0 N–H and O–H groups in total. The molecule has 0 bridgehead atoms. The molecule has 0 spiro atoms. The molecule has 3 aliphatic heterocycles. The van der Waals surface area contributed by atoms with E-state index >= 15 is 0 Å². The Morgan fingerprint density at radius 3 is 1.04 bits per heavy atom. The van der Waals surface area contributed by atoms with Crippen LogP contribution < -0.4 is 35.5 Å². The highest BCUT2D eigenvalue weighted by atomic mass is 32.4. The maximum Gasteiger partial charge on any atom is 0.0550 e. The Kier molecular flexibility index (Phi) is 8.25. The zero-order chi connectivity index (χ0) is 39.9. The molecule has 0 amide bonds. The first kappa shape index (κ1) is 37.9. The second-order valence-electron chi connectivity index (χ2n) is 20.2. The maximum absolute atomic E-state index is 7.54. The van der Waals surface area contributed by atoms with Crippen LogP contribution in [0.5, 0.6) is 0 Å². The monoisotopic (exact) mass is 766 g/mol. The lowest BCUT2D eigenvalue weighted by atomic mass is 9.85. The second-order valence-corrected chi connectivity index (χ2v) is 24.4. The lowest BCUT2D eigenvalue weighted by Gasteiger charge is -2.57. The second kappa shape index (κ2) is 12.0. The molecular weight excluding hydrogens is 708 g/mol. The van der Waals surface area contributed by atoms with Gasteiger partial charge in [-0.3, -0.25) is 0 Å². The average Bonchev–Trinajstić information content (AvgIpc) is 3.03. The van der Waals surface area contributed by atoms with Gasteiger partial charge >= 0.3 is 0 Å². The first-order chi connectivity index (χ1) is 25.4.